The zero-order chi connectivity index (χ0) is 29.4. The minimum absolute atomic E-state index is 0.0324. The van der Waals surface area contributed by atoms with Crippen LogP contribution in [0.5, 0.6) is 17.2 Å². The molecule has 0 bridgehead atoms. The van der Waals surface area contributed by atoms with E-state index in [1.54, 1.807) is 13.0 Å². The maximum absolute atomic E-state index is 12.7. The summed E-state index contributed by atoms with van der Waals surface area (Å²) in [6.07, 6.45) is 1.24. The molecule has 0 aliphatic heterocycles. The van der Waals surface area contributed by atoms with E-state index in [1.165, 1.54) is 49.6 Å². The molecule has 14 heteroatoms. The van der Waals surface area contributed by atoms with Crippen molar-refractivity contribution in [1.82, 2.24) is 0 Å². The Hall–Kier alpha value is -5.48. The van der Waals surface area contributed by atoms with E-state index in [9.17, 15) is 35.1 Å². The number of hydrogen-bond donors (Lipinski definition) is 1. The molecule has 0 heterocycles. The first-order valence-electron chi connectivity index (χ1n) is 11.3. The van der Waals surface area contributed by atoms with Gasteiger partial charge in [-0.15, -0.1) is 0 Å². The maximum atomic E-state index is 12.7. The Bertz CT molecular complexity index is 1560. The number of nitro benzene ring substituents is 2. The molecule has 3 rings (SSSR count). The third-order valence-corrected chi connectivity index (χ3v) is 5.41. The molecule has 0 aromatic heterocycles. The van der Waals surface area contributed by atoms with Crippen LogP contribution in [0.1, 0.15) is 22.8 Å². The average Bonchev–Trinajstić information content (AvgIpc) is 2.93. The molecule has 1 N–H and O–H groups in total. The van der Waals surface area contributed by atoms with Crippen molar-refractivity contribution in [2.45, 2.75) is 6.92 Å². The SMILES string of the molecule is CCOc1cc(/C=C(\C#N)C(=O)Nc2ccc(C(=O)OC)cc2)cc(Cl)c1Oc1ccc([N+](=O)[O-])cc1[N+](=O)[O-]. The molecule has 0 fully saturated rings. The van der Waals surface area contributed by atoms with Crippen LogP contribution in [0, 0.1) is 31.6 Å². The number of nitrogens with zero attached hydrogens (tertiary/aromatic N) is 3. The second-order valence-corrected chi connectivity index (χ2v) is 8.13. The molecule has 40 heavy (non-hydrogen) atoms. The van der Waals surface area contributed by atoms with Gasteiger partial charge in [0, 0.05) is 11.8 Å². The standard InChI is InChI=1S/C26H19ClN4O9/c1-3-39-23-12-15(10-17(14-28)25(32)29-18-6-4-16(5-7-18)26(33)38-2)11-20(27)24(23)40-22-9-8-19(30(34)35)13-21(22)31(36)37/h4-13H,3H2,1-2H3,(H,29,32)/b17-10+. The molecular formula is C26H19ClN4O9. The topological polar surface area (TPSA) is 184 Å². The quantitative estimate of drug-likeness (QED) is 0.105. The molecule has 13 nitrogen and oxygen atoms in total. The number of hydrogen-bond acceptors (Lipinski definition) is 10. The number of carbonyl (C=O) groups is 2. The fourth-order valence-electron chi connectivity index (χ4n) is 3.31. The van der Waals surface area contributed by atoms with Crippen LogP contribution in [0.3, 0.4) is 0 Å². The highest BCUT2D eigenvalue weighted by Gasteiger charge is 2.24. The van der Waals surface area contributed by atoms with Crippen molar-refractivity contribution in [3.8, 4) is 23.3 Å². The first kappa shape index (κ1) is 29.1. The Morgan fingerprint density at radius 3 is 2.33 bits per heavy atom. The lowest BCUT2D eigenvalue weighted by Gasteiger charge is -2.14. The van der Waals surface area contributed by atoms with Gasteiger partial charge in [0.25, 0.3) is 11.6 Å². The van der Waals surface area contributed by atoms with Gasteiger partial charge in [-0.05, 0) is 61.0 Å². The van der Waals surface area contributed by atoms with Crippen molar-refractivity contribution in [3.05, 3.63) is 96.5 Å². The zero-order valence-corrected chi connectivity index (χ0v) is 21.6. The summed E-state index contributed by atoms with van der Waals surface area (Å²) in [5, 5.41) is 34.5. The van der Waals surface area contributed by atoms with Crippen LogP contribution in [0.2, 0.25) is 5.02 Å². The van der Waals surface area contributed by atoms with Crippen LogP contribution in [-0.2, 0) is 9.53 Å². The number of carbonyl (C=O) groups excluding carboxylic acids is 2. The predicted molar refractivity (Wildman–Crippen MR) is 142 cm³/mol. The van der Waals surface area contributed by atoms with Gasteiger partial charge in [0.15, 0.2) is 11.5 Å². The van der Waals surface area contributed by atoms with Crippen LogP contribution in [0.4, 0.5) is 17.1 Å². The van der Waals surface area contributed by atoms with Gasteiger partial charge in [0.05, 0.1) is 40.2 Å². The molecule has 1 amide bonds. The van der Waals surface area contributed by atoms with E-state index in [1.807, 2.05) is 0 Å². The molecule has 0 radical (unpaired) electrons. The monoisotopic (exact) mass is 566 g/mol. The zero-order valence-electron chi connectivity index (χ0n) is 20.9. The second-order valence-electron chi connectivity index (χ2n) is 7.72. The molecule has 0 aliphatic carbocycles. The number of esters is 1. The number of amides is 1. The summed E-state index contributed by atoms with van der Waals surface area (Å²) in [6.45, 7) is 1.80. The normalized spacial score (nSPS) is 10.7. The lowest BCUT2D eigenvalue weighted by Crippen LogP contribution is -2.13. The van der Waals surface area contributed by atoms with E-state index in [4.69, 9.17) is 21.1 Å². The fourth-order valence-corrected chi connectivity index (χ4v) is 3.57. The van der Waals surface area contributed by atoms with Crippen molar-refractivity contribution >= 4 is 46.6 Å². The van der Waals surface area contributed by atoms with Gasteiger partial charge >= 0.3 is 11.7 Å². The third-order valence-electron chi connectivity index (χ3n) is 5.13. The molecule has 204 valence electrons. The smallest absolute Gasteiger partial charge is 0.337 e. The number of anilines is 1. The van der Waals surface area contributed by atoms with Gasteiger partial charge in [0.2, 0.25) is 5.75 Å². The highest BCUT2D eigenvalue weighted by molar-refractivity contribution is 6.32. The van der Waals surface area contributed by atoms with E-state index < -0.39 is 33.1 Å². The molecule has 3 aromatic carbocycles. The second kappa shape index (κ2) is 12.9. The molecule has 0 atom stereocenters. The predicted octanol–water partition coefficient (Wildman–Crippen LogP) is 5.68. The Labute approximate surface area is 231 Å². The number of nitrogens with one attached hydrogen (secondary N) is 1. The molecule has 0 saturated carbocycles. The molecule has 0 spiro atoms. The largest absolute Gasteiger partial charge is 0.490 e. The summed E-state index contributed by atoms with van der Waals surface area (Å²) in [5.41, 5.74) is -0.601. The number of non-ortho nitro benzene ring substituents is 1. The summed E-state index contributed by atoms with van der Waals surface area (Å²) >= 11 is 6.39. The summed E-state index contributed by atoms with van der Waals surface area (Å²) in [4.78, 5) is 45.2. The highest BCUT2D eigenvalue weighted by Crippen LogP contribution is 2.43. The molecule has 0 saturated heterocycles. The van der Waals surface area contributed by atoms with Crippen molar-refractivity contribution in [2.24, 2.45) is 0 Å². The van der Waals surface area contributed by atoms with Gasteiger partial charge < -0.3 is 19.5 Å². The van der Waals surface area contributed by atoms with Crippen molar-refractivity contribution < 1.29 is 33.6 Å². The molecular weight excluding hydrogens is 548 g/mol. The van der Waals surface area contributed by atoms with Gasteiger partial charge in [-0.25, -0.2) is 4.79 Å². The van der Waals surface area contributed by atoms with E-state index in [2.05, 4.69) is 10.1 Å². The molecule has 0 aliphatic rings. The fraction of sp³-hybridized carbons (Fsp3) is 0.115. The summed E-state index contributed by atoms with van der Waals surface area (Å²) in [6, 6.07) is 13.2. The number of rotatable bonds is 10. The summed E-state index contributed by atoms with van der Waals surface area (Å²) in [7, 11) is 1.24. The highest BCUT2D eigenvalue weighted by atomic mass is 35.5. The van der Waals surface area contributed by atoms with Gasteiger partial charge in [-0.1, -0.05) is 11.6 Å². The van der Waals surface area contributed by atoms with Crippen molar-refractivity contribution in [3.63, 3.8) is 0 Å². The van der Waals surface area contributed by atoms with Crippen LogP contribution >= 0.6 is 11.6 Å². The Balaban J connectivity index is 1.93. The van der Waals surface area contributed by atoms with Gasteiger partial charge in [0.1, 0.15) is 11.6 Å². The summed E-state index contributed by atoms with van der Waals surface area (Å²) in [5.74, 6) is -1.70. The van der Waals surface area contributed by atoms with Gasteiger partial charge in [-0.2, -0.15) is 5.26 Å². The van der Waals surface area contributed by atoms with Gasteiger partial charge in [-0.3, -0.25) is 25.0 Å². The first-order chi connectivity index (χ1) is 19.1. The maximum Gasteiger partial charge on any atom is 0.337 e. The van der Waals surface area contributed by atoms with E-state index in [-0.39, 0.29) is 45.6 Å². The van der Waals surface area contributed by atoms with E-state index in [0.717, 1.165) is 18.2 Å². The van der Waals surface area contributed by atoms with Crippen molar-refractivity contribution in [2.75, 3.05) is 19.0 Å². The summed E-state index contributed by atoms with van der Waals surface area (Å²) < 4.78 is 15.8. The van der Waals surface area contributed by atoms with E-state index >= 15 is 0 Å². The minimum Gasteiger partial charge on any atom is -0.490 e. The average molecular weight is 567 g/mol. The minimum atomic E-state index is -0.839. The number of nitro groups is 2. The van der Waals surface area contributed by atoms with Crippen molar-refractivity contribution in [1.29, 1.82) is 5.26 Å². The Kier molecular flexibility index (Phi) is 9.34. The van der Waals surface area contributed by atoms with Crippen LogP contribution < -0.4 is 14.8 Å². The van der Waals surface area contributed by atoms with Crippen LogP contribution in [-0.4, -0.2) is 35.4 Å². The number of methoxy groups -OCH3 is 1. The lowest BCUT2D eigenvalue weighted by atomic mass is 10.1. The Morgan fingerprint density at radius 1 is 1.05 bits per heavy atom. The number of nitriles is 1. The third kappa shape index (κ3) is 6.88. The van der Waals surface area contributed by atoms with Crippen LogP contribution in [0.25, 0.3) is 6.08 Å². The molecule has 0 unspecified atom stereocenters. The van der Waals surface area contributed by atoms with Crippen LogP contribution in [0.15, 0.2) is 60.2 Å². The lowest BCUT2D eigenvalue weighted by molar-refractivity contribution is -0.394. The first-order valence-corrected chi connectivity index (χ1v) is 11.6. The number of halogens is 1. The Morgan fingerprint density at radius 2 is 1.75 bits per heavy atom. The molecule has 3 aromatic rings. The van der Waals surface area contributed by atoms with E-state index in [0.29, 0.717) is 5.69 Å². The number of ether oxygens (including phenoxy) is 3. The number of benzene rings is 3.